The van der Waals surface area contributed by atoms with E-state index in [1.165, 1.54) is 18.4 Å². The zero-order valence-electron chi connectivity index (χ0n) is 10.5. The van der Waals surface area contributed by atoms with E-state index in [2.05, 4.69) is 5.32 Å². The van der Waals surface area contributed by atoms with Gasteiger partial charge in [0, 0.05) is 11.3 Å². The van der Waals surface area contributed by atoms with Crippen LogP contribution in [0.2, 0.25) is 5.02 Å². The molecule has 0 radical (unpaired) electrons. The van der Waals surface area contributed by atoms with E-state index >= 15 is 0 Å². The van der Waals surface area contributed by atoms with Crippen molar-refractivity contribution in [3.63, 3.8) is 0 Å². The van der Waals surface area contributed by atoms with Crippen LogP contribution in [-0.4, -0.2) is 18.8 Å². The van der Waals surface area contributed by atoms with Crippen LogP contribution < -0.4 is 10.1 Å². The van der Waals surface area contributed by atoms with E-state index < -0.39 is 0 Å². The summed E-state index contributed by atoms with van der Waals surface area (Å²) in [5, 5.41) is 4.82. The number of nitrogens with one attached hydrogen (secondary N) is 1. The summed E-state index contributed by atoms with van der Waals surface area (Å²) in [5.41, 5.74) is 1.86. The summed E-state index contributed by atoms with van der Waals surface area (Å²) in [4.78, 5) is 24.4. The molecule has 4 nitrogen and oxygen atoms in total. The molecule has 0 saturated carbocycles. The molecule has 3 rings (SSSR count). The van der Waals surface area contributed by atoms with Gasteiger partial charge in [-0.05, 0) is 29.1 Å². The topological polar surface area (TPSA) is 55.4 Å². The first-order valence-electron chi connectivity index (χ1n) is 5.88. The predicted molar refractivity (Wildman–Crippen MR) is 78.1 cm³/mol. The number of halogens is 1. The second-order valence-electron chi connectivity index (χ2n) is 4.36. The van der Waals surface area contributed by atoms with Crippen LogP contribution in [0, 0.1) is 0 Å². The van der Waals surface area contributed by atoms with Crippen LogP contribution in [-0.2, 0) is 11.2 Å². The summed E-state index contributed by atoms with van der Waals surface area (Å²) in [6, 6.07) is 5.04. The van der Waals surface area contributed by atoms with Gasteiger partial charge in [-0.15, -0.1) is 11.3 Å². The average Bonchev–Trinajstić information content (AvgIpc) is 3.01. The number of hydrogen-bond acceptors (Lipinski definition) is 4. The minimum Gasteiger partial charge on any atom is -0.495 e. The molecule has 1 aliphatic heterocycles. The maximum atomic E-state index is 12.5. The average molecular weight is 308 g/mol. The molecule has 0 aliphatic carbocycles. The van der Waals surface area contributed by atoms with E-state index in [0.29, 0.717) is 26.9 Å². The zero-order valence-corrected chi connectivity index (χ0v) is 12.1. The van der Waals surface area contributed by atoms with Crippen molar-refractivity contribution < 1.29 is 14.3 Å². The number of thiophene rings is 1. The number of amides is 1. The van der Waals surface area contributed by atoms with Crippen molar-refractivity contribution in [2.45, 2.75) is 6.42 Å². The number of ketones is 1. The van der Waals surface area contributed by atoms with E-state index in [9.17, 15) is 9.59 Å². The standard InChI is InChI=1S/C14H10ClNO3S/c1-19-11-2-3-20-14(11)13(18)8-4-7-5-12(17)16-10(7)6-9(8)15/h2-4,6H,5H2,1H3,(H,16,17). The highest BCUT2D eigenvalue weighted by Crippen LogP contribution is 2.34. The van der Waals surface area contributed by atoms with Crippen LogP contribution in [0.3, 0.4) is 0 Å². The molecule has 1 aliphatic rings. The summed E-state index contributed by atoms with van der Waals surface area (Å²) in [6.45, 7) is 0. The highest BCUT2D eigenvalue weighted by molar-refractivity contribution is 7.12. The summed E-state index contributed by atoms with van der Waals surface area (Å²) in [5.74, 6) is 0.254. The molecule has 1 aromatic heterocycles. The molecule has 0 unspecified atom stereocenters. The fourth-order valence-electron chi connectivity index (χ4n) is 2.17. The molecule has 0 fully saturated rings. The van der Waals surface area contributed by atoms with Crippen LogP contribution in [0.15, 0.2) is 23.6 Å². The second-order valence-corrected chi connectivity index (χ2v) is 5.68. The summed E-state index contributed by atoms with van der Waals surface area (Å²) >= 11 is 7.46. The van der Waals surface area contributed by atoms with Crippen LogP contribution in [0.25, 0.3) is 0 Å². The molecule has 6 heteroatoms. The number of methoxy groups -OCH3 is 1. The normalized spacial score (nSPS) is 13.0. The van der Waals surface area contributed by atoms with Gasteiger partial charge in [-0.25, -0.2) is 0 Å². The van der Waals surface area contributed by atoms with Gasteiger partial charge in [0.1, 0.15) is 10.6 Å². The number of ether oxygens (including phenoxy) is 1. The summed E-state index contributed by atoms with van der Waals surface area (Å²) in [7, 11) is 1.52. The molecular formula is C14H10ClNO3S. The van der Waals surface area contributed by atoms with Gasteiger partial charge in [-0.3, -0.25) is 9.59 Å². The Morgan fingerprint density at radius 3 is 3.00 bits per heavy atom. The van der Waals surface area contributed by atoms with Gasteiger partial charge in [0.05, 0.1) is 18.6 Å². The highest BCUT2D eigenvalue weighted by Gasteiger charge is 2.24. The van der Waals surface area contributed by atoms with Crippen molar-refractivity contribution >= 4 is 40.3 Å². The van der Waals surface area contributed by atoms with Gasteiger partial charge in [0.2, 0.25) is 11.7 Å². The predicted octanol–water partition coefficient (Wildman–Crippen LogP) is 3.14. The fraction of sp³-hybridized carbons (Fsp3) is 0.143. The van der Waals surface area contributed by atoms with E-state index in [1.54, 1.807) is 23.6 Å². The van der Waals surface area contributed by atoms with Gasteiger partial charge < -0.3 is 10.1 Å². The lowest BCUT2D eigenvalue weighted by Gasteiger charge is -2.07. The zero-order chi connectivity index (χ0) is 14.3. The Morgan fingerprint density at radius 1 is 1.45 bits per heavy atom. The number of fused-ring (bicyclic) bond motifs is 1. The molecule has 0 spiro atoms. The molecule has 1 amide bonds. The Kier molecular flexibility index (Phi) is 3.23. The number of rotatable bonds is 3. The Balaban J connectivity index is 2.05. The third kappa shape index (κ3) is 2.09. The molecule has 0 bridgehead atoms. The van der Waals surface area contributed by atoms with Gasteiger partial charge in [0.25, 0.3) is 0 Å². The Hall–Kier alpha value is -1.85. The lowest BCUT2D eigenvalue weighted by Crippen LogP contribution is -2.03. The van der Waals surface area contributed by atoms with E-state index in [0.717, 1.165) is 5.56 Å². The van der Waals surface area contributed by atoms with Crippen LogP contribution in [0.5, 0.6) is 5.75 Å². The molecular weight excluding hydrogens is 298 g/mol. The maximum absolute atomic E-state index is 12.5. The van der Waals surface area contributed by atoms with Gasteiger partial charge >= 0.3 is 0 Å². The molecule has 1 N–H and O–H groups in total. The van der Waals surface area contributed by atoms with Crippen molar-refractivity contribution in [3.8, 4) is 5.75 Å². The minimum atomic E-state index is -0.191. The monoisotopic (exact) mass is 307 g/mol. The molecule has 2 aromatic rings. The lowest BCUT2D eigenvalue weighted by molar-refractivity contribution is -0.115. The molecule has 0 atom stereocenters. The molecule has 2 heterocycles. The third-order valence-electron chi connectivity index (χ3n) is 3.12. The van der Waals surface area contributed by atoms with Crippen LogP contribution in [0.1, 0.15) is 20.8 Å². The van der Waals surface area contributed by atoms with E-state index in [1.807, 2.05) is 0 Å². The van der Waals surface area contributed by atoms with Crippen LogP contribution >= 0.6 is 22.9 Å². The fourth-order valence-corrected chi connectivity index (χ4v) is 3.23. The van der Waals surface area contributed by atoms with Crippen molar-refractivity contribution in [2.75, 3.05) is 12.4 Å². The number of carbonyl (C=O) groups is 2. The lowest BCUT2D eigenvalue weighted by atomic mass is 10.0. The third-order valence-corrected chi connectivity index (χ3v) is 4.33. The number of anilines is 1. The second kappa shape index (κ2) is 4.92. The Labute approximate surface area is 124 Å². The molecule has 1 aromatic carbocycles. The smallest absolute Gasteiger partial charge is 0.228 e. The Morgan fingerprint density at radius 2 is 2.25 bits per heavy atom. The first-order valence-corrected chi connectivity index (χ1v) is 7.14. The molecule has 102 valence electrons. The molecule has 20 heavy (non-hydrogen) atoms. The molecule has 0 saturated heterocycles. The number of hydrogen-bond donors (Lipinski definition) is 1. The largest absolute Gasteiger partial charge is 0.495 e. The van der Waals surface area contributed by atoms with Crippen molar-refractivity contribution in [1.29, 1.82) is 0 Å². The van der Waals surface area contributed by atoms with E-state index in [-0.39, 0.29) is 18.1 Å². The summed E-state index contributed by atoms with van der Waals surface area (Å²) < 4.78 is 5.16. The van der Waals surface area contributed by atoms with Gasteiger partial charge in [-0.2, -0.15) is 0 Å². The van der Waals surface area contributed by atoms with Crippen molar-refractivity contribution in [1.82, 2.24) is 0 Å². The van der Waals surface area contributed by atoms with E-state index in [4.69, 9.17) is 16.3 Å². The van der Waals surface area contributed by atoms with Gasteiger partial charge in [-0.1, -0.05) is 11.6 Å². The first-order chi connectivity index (χ1) is 9.60. The van der Waals surface area contributed by atoms with Crippen molar-refractivity contribution in [3.05, 3.63) is 44.6 Å². The van der Waals surface area contributed by atoms with Crippen molar-refractivity contribution in [2.24, 2.45) is 0 Å². The number of benzene rings is 1. The highest BCUT2D eigenvalue weighted by atomic mass is 35.5. The SMILES string of the molecule is COc1ccsc1C(=O)c1cc2c(cc1Cl)NC(=O)C2. The number of carbonyl (C=O) groups excluding carboxylic acids is 2. The first kappa shape index (κ1) is 13.1. The quantitative estimate of drug-likeness (QED) is 0.886. The van der Waals surface area contributed by atoms with Gasteiger partial charge in [0.15, 0.2) is 0 Å². The minimum absolute atomic E-state index is 0.0885. The maximum Gasteiger partial charge on any atom is 0.228 e. The Bertz CT molecular complexity index is 723. The van der Waals surface area contributed by atoms with Crippen LogP contribution in [0.4, 0.5) is 5.69 Å². The summed E-state index contributed by atoms with van der Waals surface area (Å²) in [6.07, 6.45) is 0.272.